The highest BCUT2D eigenvalue weighted by atomic mass is 16.7. The van der Waals surface area contributed by atoms with Crippen LogP contribution in [0.15, 0.2) is 18.2 Å². The van der Waals surface area contributed by atoms with Gasteiger partial charge in [-0.1, -0.05) is 6.07 Å². The maximum atomic E-state index is 5.71. The van der Waals surface area contributed by atoms with E-state index in [0.717, 1.165) is 18.0 Å². The Hall–Kier alpha value is -1.22. The van der Waals surface area contributed by atoms with E-state index >= 15 is 0 Å². The first-order valence-electron chi connectivity index (χ1n) is 5.80. The fourth-order valence-corrected chi connectivity index (χ4v) is 1.52. The number of hydrogen-bond acceptors (Lipinski definition) is 3. The zero-order valence-electron chi connectivity index (χ0n) is 10.5. The van der Waals surface area contributed by atoms with Gasteiger partial charge in [0.05, 0.1) is 5.69 Å². The van der Waals surface area contributed by atoms with Gasteiger partial charge in [-0.05, 0) is 45.4 Å². The van der Waals surface area contributed by atoms with E-state index in [1.807, 2.05) is 26.0 Å². The Bertz CT molecular complexity index is 326. The highest BCUT2D eigenvalue weighted by Gasteiger charge is 2.07. The van der Waals surface area contributed by atoms with Gasteiger partial charge in [-0.2, -0.15) is 0 Å². The lowest BCUT2D eigenvalue weighted by atomic mass is 10.2. The highest BCUT2D eigenvalue weighted by molar-refractivity contribution is 5.57. The maximum Gasteiger partial charge on any atom is 0.197 e. The van der Waals surface area contributed by atoms with Crippen LogP contribution >= 0.6 is 0 Å². The van der Waals surface area contributed by atoms with Crippen molar-refractivity contribution in [3.05, 3.63) is 23.8 Å². The number of rotatable bonds is 6. The van der Waals surface area contributed by atoms with Crippen LogP contribution in [0.5, 0.6) is 5.75 Å². The molecule has 1 rings (SSSR count). The van der Waals surface area contributed by atoms with Gasteiger partial charge in [-0.15, -0.1) is 0 Å². The van der Waals surface area contributed by atoms with Gasteiger partial charge in [0.15, 0.2) is 6.29 Å². The van der Waals surface area contributed by atoms with Crippen molar-refractivity contribution in [3.8, 4) is 5.75 Å². The standard InChI is InChI=1S/C13H21NO2/c1-5-14-12-9-10(3)7-8-13(12)16-11(4)15-6-2/h7-9,11,14H,5-6H2,1-4H3. The smallest absolute Gasteiger partial charge is 0.197 e. The molecule has 90 valence electrons. The molecule has 0 aromatic heterocycles. The molecular weight excluding hydrogens is 202 g/mol. The summed E-state index contributed by atoms with van der Waals surface area (Å²) in [5.74, 6) is 0.841. The van der Waals surface area contributed by atoms with Crippen molar-refractivity contribution in [2.24, 2.45) is 0 Å². The SMILES string of the molecule is CCNc1cc(C)ccc1OC(C)OCC. The van der Waals surface area contributed by atoms with Gasteiger partial charge in [0.25, 0.3) is 0 Å². The second-order valence-electron chi connectivity index (χ2n) is 3.67. The first-order valence-corrected chi connectivity index (χ1v) is 5.80. The second-order valence-corrected chi connectivity index (χ2v) is 3.67. The van der Waals surface area contributed by atoms with Gasteiger partial charge < -0.3 is 14.8 Å². The molecule has 3 nitrogen and oxygen atoms in total. The maximum absolute atomic E-state index is 5.71. The Morgan fingerprint density at radius 3 is 2.69 bits per heavy atom. The zero-order valence-corrected chi connectivity index (χ0v) is 10.5. The van der Waals surface area contributed by atoms with E-state index in [1.165, 1.54) is 5.56 Å². The third-order valence-corrected chi connectivity index (χ3v) is 2.20. The van der Waals surface area contributed by atoms with Gasteiger partial charge in [-0.25, -0.2) is 0 Å². The molecule has 1 N–H and O–H groups in total. The minimum atomic E-state index is -0.217. The molecule has 0 amide bonds. The number of anilines is 1. The molecule has 1 aromatic carbocycles. The first-order chi connectivity index (χ1) is 7.67. The average molecular weight is 223 g/mol. The third-order valence-electron chi connectivity index (χ3n) is 2.20. The topological polar surface area (TPSA) is 30.5 Å². The molecule has 0 aliphatic heterocycles. The van der Waals surface area contributed by atoms with Crippen molar-refractivity contribution in [2.45, 2.75) is 34.0 Å². The normalized spacial score (nSPS) is 12.2. The molecule has 0 saturated heterocycles. The Labute approximate surface area is 97.8 Å². The Balaban J connectivity index is 2.77. The summed E-state index contributed by atoms with van der Waals surface area (Å²) in [5.41, 5.74) is 2.24. The molecular formula is C13H21NO2. The number of benzene rings is 1. The van der Waals surface area contributed by atoms with E-state index in [2.05, 4.69) is 25.2 Å². The van der Waals surface area contributed by atoms with Crippen molar-refractivity contribution >= 4 is 5.69 Å². The fraction of sp³-hybridized carbons (Fsp3) is 0.538. The molecule has 0 aliphatic rings. The quantitative estimate of drug-likeness (QED) is 0.751. The van der Waals surface area contributed by atoms with Crippen molar-refractivity contribution < 1.29 is 9.47 Å². The molecule has 0 aliphatic carbocycles. The van der Waals surface area contributed by atoms with Gasteiger partial charge in [0.1, 0.15) is 5.75 Å². The van der Waals surface area contributed by atoms with Crippen LogP contribution < -0.4 is 10.1 Å². The fourth-order valence-electron chi connectivity index (χ4n) is 1.52. The second kappa shape index (κ2) is 6.38. The summed E-state index contributed by atoms with van der Waals surface area (Å²) in [6, 6.07) is 6.09. The van der Waals surface area contributed by atoms with Crippen molar-refractivity contribution in [1.29, 1.82) is 0 Å². The molecule has 1 atom stereocenters. The van der Waals surface area contributed by atoms with Crippen molar-refractivity contribution in [2.75, 3.05) is 18.5 Å². The number of nitrogens with one attached hydrogen (secondary N) is 1. The monoisotopic (exact) mass is 223 g/mol. The van der Waals surface area contributed by atoms with E-state index in [9.17, 15) is 0 Å². The third kappa shape index (κ3) is 3.74. The molecule has 16 heavy (non-hydrogen) atoms. The number of aryl methyl sites for hydroxylation is 1. The molecule has 1 aromatic rings. The molecule has 0 bridgehead atoms. The van der Waals surface area contributed by atoms with E-state index in [1.54, 1.807) is 0 Å². The van der Waals surface area contributed by atoms with Gasteiger partial charge in [0, 0.05) is 13.2 Å². The summed E-state index contributed by atoms with van der Waals surface area (Å²) in [4.78, 5) is 0. The number of hydrogen-bond donors (Lipinski definition) is 1. The van der Waals surface area contributed by atoms with E-state index < -0.39 is 0 Å². The first kappa shape index (κ1) is 12.8. The van der Waals surface area contributed by atoms with E-state index in [-0.39, 0.29) is 6.29 Å². The Morgan fingerprint density at radius 2 is 2.06 bits per heavy atom. The predicted molar refractivity (Wildman–Crippen MR) is 67.1 cm³/mol. The van der Waals surface area contributed by atoms with E-state index in [0.29, 0.717) is 6.61 Å². The molecule has 0 fully saturated rings. The number of ether oxygens (including phenoxy) is 2. The summed E-state index contributed by atoms with van der Waals surface area (Å²) in [6.07, 6.45) is -0.217. The van der Waals surface area contributed by atoms with Crippen molar-refractivity contribution in [1.82, 2.24) is 0 Å². The van der Waals surface area contributed by atoms with Crippen LogP contribution in [0.2, 0.25) is 0 Å². The summed E-state index contributed by atoms with van der Waals surface area (Å²) in [7, 11) is 0. The van der Waals surface area contributed by atoms with E-state index in [4.69, 9.17) is 9.47 Å². The van der Waals surface area contributed by atoms with Crippen LogP contribution in [0.25, 0.3) is 0 Å². The Morgan fingerprint density at radius 1 is 1.31 bits per heavy atom. The lowest BCUT2D eigenvalue weighted by Crippen LogP contribution is -2.17. The molecule has 0 saturated carbocycles. The van der Waals surface area contributed by atoms with Crippen LogP contribution in [0.1, 0.15) is 26.3 Å². The summed E-state index contributed by atoms with van der Waals surface area (Å²) >= 11 is 0. The summed E-state index contributed by atoms with van der Waals surface area (Å²) in [6.45, 7) is 9.53. The van der Waals surface area contributed by atoms with Crippen LogP contribution in [-0.2, 0) is 4.74 Å². The predicted octanol–water partition coefficient (Wildman–Crippen LogP) is 3.19. The lowest BCUT2D eigenvalue weighted by molar-refractivity contribution is -0.0609. The van der Waals surface area contributed by atoms with Gasteiger partial charge in [-0.3, -0.25) is 0 Å². The molecule has 1 unspecified atom stereocenters. The lowest BCUT2D eigenvalue weighted by Gasteiger charge is -2.18. The summed E-state index contributed by atoms with van der Waals surface area (Å²) in [5, 5.41) is 3.28. The minimum absolute atomic E-state index is 0.217. The molecule has 3 heteroatoms. The van der Waals surface area contributed by atoms with Crippen LogP contribution in [0, 0.1) is 6.92 Å². The highest BCUT2D eigenvalue weighted by Crippen LogP contribution is 2.26. The zero-order chi connectivity index (χ0) is 12.0. The molecule has 0 radical (unpaired) electrons. The Kier molecular flexibility index (Phi) is 5.12. The van der Waals surface area contributed by atoms with Crippen LogP contribution in [0.3, 0.4) is 0 Å². The molecule has 0 heterocycles. The largest absolute Gasteiger partial charge is 0.463 e. The molecule has 0 spiro atoms. The average Bonchev–Trinajstić information content (AvgIpc) is 2.23. The minimum Gasteiger partial charge on any atom is -0.463 e. The van der Waals surface area contributed by atoms with Crippen LogP contribution in [0.4, 0.5) is 5.69 Å². The van der Waals surface area contributed by atoms with Gasteiger partial charge in [0.2, 0.25) is 0 Å². The van der Waals surface area contributed by atoms with Crippen LogP contribution in [-0.4, -0.2) is 19.4 Å². The summed E-state index contributed by atoms with van der Waals surface area (Å²) < 4.78 is 11.1. The van der Waals surface area contributed by atoms with Crippen molar-refractivity contribution in [3.63, 3.8) is 0 Å². The van der Waals surface area contributed by atoms with Gasteiger partial charge >= 0.3 is 0 Å².